The number of hydrogen-bond acceptors (Lipinski definition) is 5. The molecule has 2 aromatic rings. The van der Waals surface area contributed by atoms with Gasteiger partial charge in [0.15, 0.2) is 0 Å². The van der Waals surface area contributed by atoms with Gasteiger partial charge in [-0.3, -0.25) is 4.79 Å². The highest BCUT2D eigenvalue weighted by atomic mass is 32.2. The number of fused-ring (bicyclic) bond motifs is 1. The zero-order chi connectivity index (χ0) is 20.5. The molecule has 0 radical (unpaired) electrons. The van der Waals surface area contributed by atoms with Crippen LogP contribution in [-0.4, -0.2) is 57.3 Å². The molecule has 0 fully saturated rings. The van der Waals surface area contributed by atoms with Gasteiger partial charge in [-0.1, -0.05) is 13.8 Å². The molecule has 0 unspecified atom stereocenters. The summed E-state index contributed by atoms with van der Waals surface area (Å²) in [5.41, 5.74) is 2.21. The van der Waals surface area contributed by atoms with Crippen molar-refractivity contribution in [1.82, 2.24) is 9.29 Å². The highest BCUT2D eigenvalue weighted by Crippen LogP contribution is 2.32. The van der Waals surface area contributed by atoms with Gasteiger partial charge in [0, 0.05) is 51.2 Å². The predicted molar refractivity (Wildman–Crippen MR) is 110 cm³/mol. The van der Waals surface area contributed by atoms with Crippen molar-refractivity contribution >= 4 is 27.4 Å². The summed E-state index contributed by atoms with van der Waals surface area (Å²) in [5, 5.41) is 0. The van der Waals surface area contributed by atoms with Crippen molar-refractivity contribution in [2.45, 2.75) is 25.2 Å². The maximum Gasteiger partial charge on any atom is 0.258 e. The van der Waals surface area contributed by atoms with Crippen molar-refractivity contribution in [2.24, 2.45) is 0 Å². The molecule has 0 saturated carbocycles. The molecule has 2 heterocycles. The lowest BCUT2D eigenvalue weighted by molar-refractivity contribution is 0.0989. The summed E-state index contributed by atoms with van der Waals surface area (Å²) >= 11 is 0. The van der Waals surface area contributed by atoms with Gasteiger partial charge in [-0.2, -0.15) is 4.31 Å². The molecule has 0 saturated heterocycles. The summed E-state index contributed by atoms with van der Waals surface area (Å²) in [5.74, 6) is 0.606. The Labute approximate surface area is 166 Å². The first-order valence-corrected chi connectivity index (χ1v) is 10.8. The van der Waals surface area contributed by atoms with E-state index in [4.69, 9.17) is 0 Å². The summed E-state index contributed by atoms with van der Waals surface area (Å²) in [6, 6.07) is 8.50. The number of carbonyl (C=O) groups excluding carboxylic acids is 1. The van der Waals surface area contributed by atoms with Crippen LogP contribution < -0.4 is 9.80 Å². The standard InChI is InChI=1S/C20H26N4O3S/c1-5-23(6-2)28(26,27)17-7-8-18-15(13-17)10-12-24(18)20(25)16-9-11-21-19(14-16)22(3)4/h7-9,11,13-14H,5-6,10,12H2,1-4H3. The Morgan fingerprint density at radius 3 is 2.50 bits per heavy atom. The molecule has 0 aliphatic carbocycles. The second-order valence-electron chi connectivity index (χ2n) is 6.88. The van der Waals surface area contributed by atoms with E-state index in [-0.39, 0.29) is 10.8 Å². The van der Waals surface area contributed by atoms with Gasteiger partial charge in [0.25, 0.3) is 5.91 Å². The molecule has 7 nitrogen and oxygen atoms in total. The lowest BCUT2D eigenvalue weighted by Crippen LogP contribution is -2.31. The molecule has 150 valence electrons. The van der Waals surface area contributed by atoms with Gasteiger partial charge in [-0.05, 0) is 42.3 Å². The molecular weight excluding hydrogens is 376 g/mol. The quantitative estimate of drug-likeness (QED) is 0.742. The predicted octanol–water partition coefficient (Wildman–Crippen LogP) is 2.38. The van der Waals surface area contributed by atoms with E-state index in [0.717, 1.165) is 11.3 Å². The van der Waals surface area contributed by atoms with Crippen LogP contribution in [0.1, 0.15) is 29.8 Å². The van der Waals surface area contributed by atoms with Gasteiger partial charge in [0.05, 0.1) is 4.90 Å². The number of anilines is 2. The number of benzene rings is 1. The molecule has 28 heavy (non-hydrogen) atoms. The van der Waals surface area contributed by atoms with Gasteiger partial charge >= 0.3 is 0 Å². The number of hydrogen-bond donors (Lipinski definition) is 0. The third-order valence-corrected chi connectivity index (χ3v) is 7.03. The second-order valence-corrected chi connectivity index (χ2v) is 8.82. The number of pyridine rings is 1. The first-order valence-electron chi connectivity index (χ1n) is 9.38. The lowest BCUT2D eigenvalue weighted by Gasteiger charge is -2.20. The Morgan fingerprint density at radius 2 is 1.86 bits per heavy atom. The lowest BCUT2D eigenvalue weighted by atomic mass is 10.1. The molecule has 3 rings (SSSR count). The van der Waals surface area contributed by atoms with Gasteiger partial charge < -0.3 is 9.80 Å². The Hall–Kier alpha value is -2.45. The zero-order valence-corrected chi connectivity index (χ0v) is 17.5. The maximum atomic E-state index is 13.0. The summed E-state index contributed by atoms with van der Waals surface area (Å²) < 4.78 is 27.0. The number of carbonyl (C=O) groups is 1. The van der Waals surface area contributed by atoms with Gasteiger partial charge in [0.2, 0.25) is 10.0 Å². The monoisotopic (exact) mass is 402 g/mol. The maximum absolute atomic E-state index is 13.0. The first kappa shape index (κ1) is 20.3. The van der Waals surface area contributed by atoms with Crippen LogP contribution >= 0.6 is 0 Å². The molecule has 1 aliphatic heterocycles. The number of rotatable bonds is 6. The fourth-order valence-corrected chi connectivity index (χ4v) is 4.92. The van der Waals surface area contributed by atoms with Crippen molar-refractivity contribution < 1.29 is 13.2 Å². The van der Waals surface area contributed by atoms with E-state index in [1.165, 1.54) is 4.31 Å². The summed E-state index contributed by atoms with van der Waals surface area (Å²) in [6.45, 7) is 5.03. The van der Waals surface area contributed by atoms with Crippen LogP contribution in [0.2, 0.25) is 0 Å². The minimum atomic E-state index is -3.51. The summed E-state index contributed by atoms with van der Waals surface area (Å²) in [4.78, 5) is 21.1. The second kappa shape index (κ2) is 7.89. The molecule has 0 atom stereocenters. The fourth-order valence-electron chi connectivity index (χ4n) is 3.41. The van der Waals surface area contributed by atoms with E-state index in [2.05, 4.69) is 4.98 Å². The van der Waals surface area contributed by atoms with E-state index in [1.807, 2.05) is 32.8 Å². The van der Waals surface area contributed by atoms with Crippen molar-refractivity contribution in [2.75, 3.05) is 43.5 Å². The van der Waals surface area contributed by atoms with E-state index in [1.54, 1.807) is 41.4 Å². The molecular formula is C20H26N4O3S. The van der Waals surface area contributed by atoms with E-state index >= 15 is 0 Å². The van der Waals surface area contributed by atoms with Crippen LogP contribution in [0.3, 0.4) is 0 Å². The Morgan fingerprint density at radius 1 is 1.14 bits per heavy atom. The minimum absolute atomic E-state index is 0.108. The molecule has 1 aromatic heterocycles. The zero-order valence-electron chi connectivity index (χ0n) is 16.7. The number of sulfonamides is 1. The third kappa shape index (κ3) is 3.62. The summed E-state index contributed by atoms with van der Waals surface area (Å²) in [7, 11) is 0.238. The molecule has 0 N–H and O–H groups in total. The van der Waals surface area contributed by atoms with E-state index < -0.39 is 10.0 Å². The molecule has 8 heteroatoms. The topological polar surface area (TPSA) is 73.8 Å². The Bertz CT molecular complexity index is 985. The molecule has 0 bridgehead atoms. The number of aromatic nitrogens is 1. The Kier molecular flexibility index (Phi) is 5.71. The minimum Gasteiger partial charge on any atom is -0.363 e. The van der Waals surface area contributed by atoms with Gasteiger partial charge in [0.1, 0.15) is 5.82 Å². The molecule has 1 aromatic carbocycles. The van der Waals surface area contributed by atoms with E-state index in [0.29, 0.717) is 37.4 Å². The largest absolute Gasteiger partial charge is 0.363 e. The van der Waals surface area contributed by atoms with Crippen LogP contribution in [0.15, 0.2) is 41.4 Å². The average Bonchev–Trinajstić information content (AvgIpc) is 3.11. The smallest absolute Gasteiger partial charge is 0.258 e. The highest BCUT2D eigenvalue weighted by molar-refractivity contribution is 7.89. The van der Waals surface area contributed by atoms with Crippen LogP contribution in [0.25, 0.3) is 0 Å². The first-order chi connectivity index (χ1) is 13.3. The molecule has 1 aliphatic rings. The average molecular weight is 403 g/mol. The molecule has 1 amide bonds. The van der Waals surface area contributed by atoms with E-state index in [9.17, 15) is 13.2 Å². The van der Waals surface area contributed by atoms with Crippen LogP contribution in [0.5, 0.6) is 0 Å². The van der Waals surface area contributed by atoms with Crippen molar-refractivity contribution in [3.63, 3.8) is 0 Å². The Balaban J connectivity index is 1.91. The fraction of sp³-hybridized carbons (Fsp3) is 0.400. The van der Waals surface area contributed by atoms with Crippen LogP contribution in [0.4, 0.5) is 11.5 Å². The number of nitrogens with zero attached hydrogens (tertiary/aromatic N) is 4. The normalized spacial score (nSPS) is 13.7. The number of amides is 1. The van der Waals surface area contributed by atoms with Crippen molar-refractivity contribution in [3.05, 3.63) is 47.7 Å². The summed E-state index contributed by atoms with van der Waals surface area (Å²) in [6.07, 6.45) is 2.26. The third-order valence-electron chi connectivity index (χ3n) is 4.99. The SMILES string of the molecule is CCN(CC)S(=O)(=O)c1ccc2c(c1)CCN2C(=O)c1ccnc(N(C)C)c1. The van der Waals surface area contributed by atoms with Crippen LogP contribution in [0, 0.1) is 0 Å². The van der Waals surface area contributed by atoms with Crippen molar-refractivity contribution in [3.8, 4) is 0 Å². The van der Waals surface area contributed by atoms with Gasteiger partial charge in [-0.25, -0.2) is 13.4 Å². The van der Waals surface area contributed by atoms with Crippen LogP contribution in [-0.2, 0) is 16.4 Å². The van der Waals surface area contributed by atoms with Crippen molar-refractivity contribution in [1.29, 1.82) is 0 Å². The highest BCUT2D eigenvalue weighted by Gasteiger charge is 2.29. The van der Waals surface area contributed by atoms with Gasteiger partial charge in [-0.15, -0.1) is 0 Å². The molecule has 0 spiro atoms.